The number of carbonyl (C=O) groups is 1. The van der Waals surface area contributed by atoms with Gasteiger partial charge in [0, 0.05) is 12.4 Å². The Labute approximate surface area is 95.8 Å². The second-order valence-corrected chi connectivity index (χ2v) is 4.28. The Morgan fingerprint density at radius 1 is 1.40 bits per heavy atom. The fourth-order valence-corrected chi connectivity index (χ4v) is 2.37. The molecule has 2 aromatic heterocycles. The molecule has 76 valence electrons. The number of halogens is 1. The molecule has 0 N–H and O–H groups in total. The quantitative estimate of drug-likeness (QED) is 0.756. The maximum atomic E-state index is 11.9. The van der Waals surface area contributed by atoms with E-state index in [-0.39, 0.29) is 5.78 Å². The minimum Gasteiger partial charge on any atom is -0.288 e. The van der Waals surface area contributed by atoms with Crippen LogP contribution in [-0.2, 0) is 0 Å². The first-order valence-corrected chi connectivity index (χ1v) is 5.49. The molecule has 0 saturated heterocycles. The Bertz CT molecular complexity index is 495. The van der Waals surface area contributed by atoms with E-state index in [1.807, 2.05) is 12.3 Å². The van der Waals surface area contributed by atoms with Crippen molar-refractivity contribution in [2.75, 3.05) is 0 Å². The zero-order valence-electron chi connectivity index (χ0n) is 7.90. The molecule has 0 fully saturated rings. The van der Waals surface area contributed by atoms with Gasteiger partial charge in [-0.1, -0.05) is 11.6 Å². The number of hydrogen-bond acceptors (Lipinski definition) is 4. The topological polar surface area (TPSA) is 42.9 Å². The van der Waals surface area contributed by atoms with E-state index >= 15 is 0 Å². The molecule has 3 nitrogen and oxygen atoms in total. The molecule has 2 heterocycles. The Hall–Kier alpha value is -1.26. The minimum absolute atomic E-state index is 0.126. The van der Waals surface area contributed by atoms with E-state index in [2.05, 4.69) is 9.97 Å². The molecule has 5 heteroatoms. The van der Waals surface area contributed by atoms with Crippen LogP contribution in [-0.4, -0.2) is 15.8 Å². The van der Waals surface area contributed by atoms with Gasteiger partial charge in [-0.2, -0.15) is 0 Å². The van der Waals surface area contributed by atoms with Crippen molar-refractivity contribution >= 4 is 28.7 Å². The van der Waals surface area contributed by atoms with Crippen LogP contribution in [0, 0.1) is 6.92 Å². The first kappa shape index (κ1) is 10.3. The molecule has 0 aliphatic heterocycles. The van der Waals surface area contributed by atoms with Gasteiger partial charge in [-0.15, -0.1) is 11.3 Å². The molecule has 0 aliphatic carbocycles. The molecule has 2 rings (SSSR count). The Balaban J connectivity index is 2.42. The summed E-state index contributed by atoms with van der Waals surface area (Å²) in [5, 5.41) is 2.38. The average Bonchev–Trinajstić information content (AvgIpc) is 2.60. The number of nitrogens with zero attached hydrogens (tertiary/aromatic N) is 2. The first-order chi connectivity index (χ1) is 7.20. The smallest absolute Gasteiger partial charge is 0.207 e. The lowest BCUT2D eigenvalue weighted by atomic mass is 10.2. The second-order valence-electron chi connectivity index (χ2n) is 3.02. The maximum absolute atomic E-state index is 11.9. The third-order valence-corrected chi connectivity index (χ3v) is 3.62. The molecular weight excluding hydrogens is 232 g/mol. The summed E-state index contributed by atoms with van der Waals surface area (Å²) < 4.78 is 0. The third-order valence-electron chi connectivity index (χ3n) is 1.93. The van der Waals surface area contributed by atoms with Crippen LogP contribution in [0.4, 0.5) is 0 Å². The van der Waals surface area contributed by atoms with Gasteiger partial charge >= 0.3 is 0 Å². The molecule has 0 unspecified atom stereocenters. The summed E-state index contributed by atoms with van der Waals surface area (Å²) in [6.45, 7) is 1.87. The molecule has 0 bridgehead atoms. The van der Waals surface area contributed by atoms with E-state index < -0.39 is 0 Å². The summed E-state index contributed by atoms with van der Waals surface area (Å²) in [6.07, 6.45) is 4.36. The Kier molecular flexibility index (Phi) is 2.79. The lowest BCUT2D eigenvalue weighted by Crippen LogP contribution is -2.00. The van der Waals surface area contributed by atoms with Gasteiger partial charge < -0.3 is 0 Å². The molecule has 0 radical (unpaired) electrons. The maximum Gasteiger partial charge on any atom is 0.207 e. The highest BCUT2D eigenvalue weighted by Crippen LogP contribution is 2.28. The average molecular weight is 239 g/mol. The van der Waals surface area contributed by atoms with E-state index in [0.29, 0.717) is 15.5 Å². The lowest BCUT2D eigenvalue weighted by molar-refractivity contribution is 0.104. The summed E-state index contributed by atoms with van der Waals surface area (Å²) >= 11 is 7.34. The van der Waals surface area contributed by atoms with Crippen LogP contribution in [0.1, 0.15) is 20.8 Å². The summed E-state index contributed by atoms with van der Waals surface area (Å²) in [6, 6.07) is 0. The Morgan fingerprint density at radius 3 is 2.60 bits per heavy atom. The van der Waals surface area contributed by atoms with Gasteiger partial charge in [0.2, 0.25) is 5.78 Å². The molecule has 0 aromatic carbocycles. The van der Waals surface area contributed by atoms with Gasteiger partial charge in [0.05, 0.1) is 15.5 Å². The van der Waals surface area contributed by atoms with Gasteiger partial charge in [0.15, 0.2) is 0 Å². The van der Waals surface area contributed by atoms with Crippen molar-refractivity contribution in [1.82, 2.24) is 9.97 Å². The van der Waals surface area contributed by atoms with Crippen molar-refractivity contribution in [2.45, 2.75) is 6.92 Å². The molecule has 15 heavy (non-hydrogen) atoms. The second kappa shape index (κ2) is 4.08. The fraction of sp³-hybridized carbons (Fsp3) is 0.100. The van der Waals surface area contributed by atoms with E-state index in [4.69, 9.17) is 11.6 Å². The van der Waals surface area contributed by atoms with Gasteiger partial charge in [-0.05, 0) is 17.9 Å². The fourth-order valence-electron chi connectivity index (χ4n) is 1.13. The van der Waals surface area contributed by atoms with Crippen LogP contribution in [0.2, 0.25) is 5.02 Å². The largest absolute Gasteiger partial charge is 0.288 e. The third kappa shape index (κ3) is 1.91. The highest BCUT2D eigenvalue weighted by Gasteiger charge is 2.16. The number of aryl methyl sites for hydroxylation is 1. The van der Waals surface area contributed by atoms with Crippen LogP contribution >= 0.6 is 22.9 Å². The van der Waals surface area contributed by atoms with Gasteiger partial charge in [-0.25, -0.2) is 9.97 Å². The van der Waals surface area contributed by atoms with Crippen molar-refractivity contribution in [3.05, 3.63) is 45.1 Å². The van der Waals surface area contributed by atoms with Crippen molar-refractivity contribution in [3.63, 3.8) is 0 Å². The zero-order valence-corrected chi connectivity index (χ0v) is 9.47. The number of rotatable bonds is 2. The summed E-state index contributed by atoms with van der Waals surface area (Å²) in [5.41, 5.74) is 1.38. The standard InChI is InChI=1S/C10H7ClN2OS/c1-6-4-15-10(8(6)11)9(14)7-2-12-5-13-3-7/h2-5H,1H3. The molecule has 2 aromatic rings. The highest BCUT2D eigenvalue weighted by atomic mass is 35.5. The van der Waals surface area contributed by atoms with Gasteiger partial charge in [0.1, 0.15) is 6.33 Å². The predicted octanol–water partition coefficient (Wildman–Crippen LogP) is 2.73. The lowest BCUT2D eigenvalue weighted by Gasteiger charge is -1.97. The molecule has 0 aliphatic rings. The van der Waals surface area contributed by atoms with E-state index in [0.717, 1.165) is 5.56 Å². The van der Waals surface area contributed by atoms with Crippen molar-refractivity contribution in [1.29, 1.82) is 0 Å². The van der Waals surface area contributed by atoms with Crippen LogP contribution in [0.5, 0.6) is 0 Å². The van der Waals surface area contributed by atoms with Crippen molar-refractivity contribution < 1.29 is 4.79 Å². The molecule has 0 atom stereocenters. The molecule has 0 spiro atoms. The van der Waals surface area contributed by atoms with Crippen LogP contribution in [0.3, 0.4) is 0 Å². The van der Waals surface area contributed by atoms with Crippen LogP contribution in [0.25, 0.3) is 0 Å². The Morgan fingerprint density at radius 2 is 2.07 bits per heavy atom. The number of ketones is 1. The monoisotopic (exact) mass is 238 g/mol. The molecule has 0 amide bonds. The highest BCUT2D eigenvalue weighted by molar-refractivity contribution is 7.13. The van der Waals surface area contributed by atoms with Gasteiger partial charge in [-0.3, -0.25) is 4.79 Å². The minimum atomic E-state index is -0.126. The summed E-state index contributed by atoms with van der Waals surface area (Å²) in [5.74, 6) is -0.126. The number of hydrogen-bond donors (Lipinski definition) is 0. The molecule has 0 saturated carbocycles. The van der Waals surface area contributed by atoms with E-state index in [1.54, 1.807) is 0 Å². The molecular formula is C10H7ClN2OS. The number of thiophene rings is 1. The van der Waals surface area contributed by atoms with E-state index in [9.17, 15) is 4.79 Å². The first-order valence-electron chi connectivity index (χ1n) is 4.23. The SMILES string of the molecule is Cc1csc(C(=O)c2cncnc2)c1Cl. The van der Waals surface area contributed by atoms with Crippen molar-refractivity contribution in [3.8, 4) is 0 Å². The van der Waals surface area contributed by atoms with Crippen molar-refractivity contribution in [2.24, 2.45) is 0 Å². The summed E-state index contributed by atoms with van der Waals surface area (Å²) in [4.78, 5) is 20.1. The predicted molar refractivity (Wildman–Crippen MR) is 59.5 cm³/mol. The van der Waals surface area contributed by atoms with E-state index in [1.165, 1.54) is 30.1 Å². The van der Waals surface area contributed by atoms with Crippen LogP contribution < -0.4 is 0 Å². The summed E-state index contributed by atoms with van der Waals surface area (Å²) in [7, 11) is 0. The number of carbonyl (C=O) groups excluding carboxylic acids is 1. The van der Waals surface area contributed by atoms with Crippen LogP contribution in [0.15, 0.2) is 24.1 Å². The zero-order chi connectivity index (χ0) is 10.8. The van der Waals surface area contributed by atoms with Gasteiger partial charge in [0.25, 0.3) is 0 Å². The normalized spacial score (nSPS) is 10.3. The number of aromatic nitrogens is 2.